The van der Waals surface area contributed by atoms with Crippen molar-refractivity contribution in [2.75, 3.05) is 31.5 Å². The zero-order valence-electron chi connectivity index (χ0n) is 15.4. The Morgan fingerprint density at radius 3 is 2.75 bits per heavy atom. The number of anilines is 2. The smallest absolute Gasteiger partial charge is 0.231 e. The number of nitrogen functional groups attached to an aromatic ring is 1. The number of nitrogens with zero attached hydrogens (tertiary/aromatic N) is 5. The van der Waals surface area contributed by atoms with Crippen LogP contribution in [0.1, 0.15) is 6.42 Å². The van der Waals surface area contributed by atoms with Gasteiger partial charge in [0.25, 0.3) is 0 Å². The van der Waals surface area contributed by atoms with Gasteiger partial charge < -0.3 is 30.4 Å². The van der Waals surface area contributed by atoms with Crippen molar-refractivity contribution in [2.24, 2.45) is 5.73 Å². The van der Waals surface area contributed by atoms with Crippen LogP contribution in [0.2, 0.25) is 0 Å². The molecule has 0 spiro atoms. The first-order chi connectivity index (χ1) is 13.4. The lowest BCUT2D eigenvalue weighted by Crippen LogP contribution is -2.14. The number of ether oxygens (including phenoxy) is 2. The number of carbonyl (C=O) groups excluding carboxylic acids is 1. The number of rotatable bonds is 6. The molecule has 0 saturated heterocycles. The van der Waals surface area contributed by atoms with Gasteiger partial charge in [0.15, 0.2) is 33.6 Å². The van der Waals surface area contributed by atoms with Crippen molar-refractivity contribution in [3.8, 4) is 11.5 Å². The lowest BCUT2D eigenvalue weighted by molar-refractivity contribution is -0.118. The molecule has 4 N–H and O–H groups in total. The summed E-state index contributed by atoms with van der Waals surface area (Å²) in [5.74, 6) is 1.25. The number of imidazole rings is 1. The molecule has 11 heteroatoms. The molecule has 10 nitrogen and oxygen atoms in total. The Bertz CT molecular complexity index is 1070. The number of aromatic nitrogens is 4. The predicted molar refractivity (Wildman–Crippen MR) is 105 cm³/mol. The molecular formula is C17H19N7O3S. The van der Waals surface area contributed by atoms with Crippen LogP contribution in [-0.2, 0) is 11.3 Å². The number of aryl methyl sites for hydroxylation is 1. The molecule has 1 aliphatic rings. The minimum Gasteiger partial charge on any atom is -0.454 e. The van der Waals surface area contributed by atoms with Crippen molar-refractivity contribution >= 4 is 40.3 Å². The molecular weight excluding hydrogens is 382 g/mol. The van der Waals surface area contributed by atoms with Crippen molar-refractivity contribution < 1.29 is 14.3 Å². The van der Waals surface area contributed by atoms with Gasteiger partial charge in [0, 0.05) is 44.1 Å². The van der Waals surface area contributed by atoms with Crippen LogP contribution in [-0.4, -0.2) is 46.3 Å². The van der Waals surface area contributed by atoms with Crippen LogP contribution in [0.3, 0.4) is 0 Å². The second-order valence-corrected chi connectivity index (χ2v) is 7.37. The maximum atomic E-state index is 11.3. The fraction of sp³-hybridized carbons (Fsp3) is 0.294. The molecule has 0 aliphatic carbocycles. The van der Waals surface area contributed by atoms with E-state index in [2.05, 4.69) is 15.0 Å². The van der Waals surface area contributed by atoms with Crippen molar-refractivity contribution in [3.63, 3.8) is 0 Å². The number of amides is 1. The van der Waals surface area contributed by atoms with Gasteiger partial charge in [0.05, 0.1) is 5.69 Å². The first-order valence-corrected chi connectivity index (χ1v) is 9.29. The molecule has 4 rings (SSSR count). The third kappa shape index (κ3) is 3.24. The average molecular weight is 401 g/mol. The molecule has 2 aromatic heterocycles. The third-order valence-electron chi connectivity index (χ3n) is 4.24. The van der Waals surface area contributed by atoms with E-state index in [-0.39, 0.29) is 19.0 Å². The second-order valence-electron chi connectivity index (χ2n) is 6.36. The topological polar surface area (TPSA) is 134 Å². The van der Waals surface area contributed by atoms with E-state index in [1.807, 2.05) is 35.7 Å². The minimum atomic E-state index is -0.406. The zero-order valence-corrected chi connectivity index (χ0v) is 16.2. The van der Waals surface area contributed by atoms with E-state index >= 15 is 0 Å². The standard InChI is InChI=1S/C17H19N7O3S/c1-23(2)9-5-10-11(27-8-26-10)6-12(9)28-17-22-14-15(19)20-7-21-16(14)24(17)4-3-13(18)25/h5-7H,3-4,8H2,1-2H3,(H2,18,25)(H2,19,20,21). The minimum absolute atomic E-state index is 0.157. The normalized spacial score (nSPS) is 12.5. The Morgan fingerprint density at radius 2 is 2.04 bits per heavy atom. The van der Waals surface area contributed by atoms with Gasteiger partial charge in [-0.05, 0) is 11.8 Å². The van der Waals surface area contributed by atoms with Crippen LogP contribution >= 0.6 is 11.8 Å². The molecule has 3 aromatic rings. The fourth-order valence-corrected chi connectivity index (χ4v) is 4.01. The Morgan fingerprint density at radius 1 is 1.29 bits per heavy atom. The summed E-state index contributed by atoms with van der Waals surface area (Å²) in [6, 6.07) is 3.84. The van der Waals surface area contributed by atoms with Gasteiger partial charge in [-0.25, -0.2) is 15.0 Å². The summed E-state index contributed by atoms with van der Waals surface area (Å²) in [5, 5.41) is 0.630. The first-order valence-electron chi connectivity index (χ1n) is 8.48. The number of fused-ring (bicyclic) bond motifs is 2. The maximum Gasteiger partial charge on any atom is 0.231 e. The van der Waals surface area contributed by atoms with Crippen molar-refractivity contribution in [3.05, 3.63) is 18.5 Å². The van der Waals surface area contributed by atoms with Crippen LogP contribution in [0, 0.1) is 0 Å². The predicted octanol–water partition coefficient (Wildman–Crippen LogP) is 1.23. The monoisotopic (exact) mass is 401 g/mol. The molecule has 0 radical (unpaired) electrons. The highest BCUT2D eigenvalue weighted by atomic mass is 32.2. The zero-order chi connectivity index (χ0) is 19.8. The highest BCUT2D eigenvalue weighted by Crippen LogP contribution is 2.44. The van der Waals surface area contributed by atoms with E-state index < -0.39 is 5.91 Å². The molecule has 0 fully saturated rings. The van der Waals surface area contributed by atoms with Gasteiger partial charge in [-0.2, -0.15) is 0 Å². The molecule has 0 bridgehead atoms. The quantitative estimate of drug-likeness (QED) is 0.625. The van der Waals surface area contributed by atoms with Gasteiger partial charge in [0.1, 0.15) is 6.33 Å². The van der Waals surface area contributed by atoms with Gasteiger partial charge in [-0.15, -0.1) is 0 Å². The number of nitrogens with two attached hydrogens (primary N) is 2. The van der Waals surface area contributed by atoms with Crippen LogP contribution < -0.4 is 25.8 Å². The van der Waals surface area contributed by atoms with E-state index in [1.54, 1.807) is 0 Å². The van der Waals surface area contributed by atoms with E-state index in [0.29, 0.717) is 34.4 Å². The summed E-state index contributed by atoms with van der Waals surface area (Å²) >= 11 is 1.42. The summed E-state index contributed by atoms with van der Waals surface area (Å²) in [6.45, 7) is 0.534. The van der Waals surface area contributed by atoms with Crippen LogP contribution in [0.25, 0.3) is 11.2 Å². The number of primary amides is 1. The van der Waals surface area contributed by atoms with Crippen molar-refractivity contribution in [1.29, 1.82) is 0 Å². The summed E-state index contributed by atoms with van der Waals surface area (Å²) in [5.41, 5.74) is 13.3. The molecule has 1 amide bonds. The Kier molecular flexibility index (Phi) is 4.59. The van der Waals surface area contributed by atoms with Gasteiger partial charge in [-0.3, -0.25) is 4.79 Å². The Balaban J connectivity index is 1.80. The molecule has 1 aliphatic heterocycles. The lowest BCUT2D eigenvalue weighted by Gasteiger charge is -2.18. The van der Waals surface area contributed by atoms with Gasteiger partial charge in [0.2, 0.25) is 12.7 Å². The highest BCUT2D eigenvalue weighted by molar-refractivity contribution is 7.99. The summed E-state index contributed by atoms with van der Waals surface area (Å²) in [4.78, 5) is 27.1. The fourth-order valence-electron chi connectivity index (χ4n) is 2.88. The maximum absolute atomic E-state index is 11.3. The second kappa shape index (κ2) is 7.08. The summed E-state index contributed by atoms with van der Waals surface area (Å²) in [6.07, 6.45) is 1.53. The lowest BCUT2D eigenvalue weighted by atomic mass is 10.2. The molecule has 146 valence electrons. The number of carbonyl (C=O) groups is 1. The third-order valence-corrected chi connectivity index (χ3v) is 5.29. The molecule has 28 heavy (non-hydrogen) atoms. The van der Waals surface area contributed by atoms with E-state index in [0.717, 1.165) is 10.6 Å². The molecule has 1 aromatic carbocycles. The van der Waals surface area contributed by atoms with E-state index in [4.69, 9.17) is 20.9 Å². The van der Waals surface area contributed by atoms with Crippen LogP contribution in [0.4, 0.5) is 11.5 Å². The SMILES string of the molecule is CN(C)c1cc2c(cc1Sc1nc3c(N)ncnc3n1CCC(N)=O)OCO2. The number of benzene rings is 1. The van der Waals surface area contributed by atoms with Crippen molar-refractivity contribution in [2.45, 2.75) is 23.0 Å². The number of hydrogen-bond acceptors (Lipinski definition) is 9. The van der Waals surface area contributed by atoms with Crippen LogP contribution in [0.5, 0.6) is 11.5 Å². The summed E-state index contributed by atoms with van der Waals surface area (Å²) in [7, 11) is 3.89. The highest BCUT2D eigenvalue weighted by Gasteiger charge is 2.22. The molecule has 0 unspecified atom stereocenters. The summed E-state index contributed by atoms with van der Waals surface area (Å²) < 4.78 is 12.8. The van der Waals surface area contributed by atoms with Crippen LogP contribution in [0.15, 0.2) is 28.5 Å². The first kappa shape index (κ1) is 18.2. The number of hydrogen-bond donors (Lipinski definition) is 2. The Labute approximate surface area is 164 Å². The molecule has 0 atom stereocenters. The Hall–Kier alpha value is -3.21. The van der Waals surface area contributed by atoms with Gasteiger partial charge in [-0.1, -0.05) is 0 Å². The largest absolute Gasteiger partial charge is 0.454 e. The van der Waals surface area contributed by atoms with Gasteiger partial charge >= 0.3 is 0 Å². The van der Waals surface area contributed by atoms with Crippen molar-refractivity contribution in [1.82, 2.24) is 19.5 Å². The molecule has 3 heterocycles. The molecule has 0 saturated carbocycles. The average Bonchev–Trinajstić information content (AvgIpc) is 3.23. The van der Waals surface area contributed by atoms with E-state index in [1.165, 1.54) is 18.1 Å². The van der Waals surface area contributed by atoms with E-state index in [9.17, 15) is 4.79 Å².